The average molecular weight is 411 g/mol. The molecule has 0 saturated heterocycles. The van der Waals surface area contributed by atoms with Gasteiger partial charge in [0.05, 0.1) is 17.9 Å². The molecule has 3 rings (SSSR count). The predicted molar refractivity (Wildman–Crippen MR) is 102 cm³/mol. The number of halogens is 3. The Balaban J connectivity index is 1.64. The van der Waals surface area contributed by atoms with Crippen LogP contribution in [-0.2, 0) is 11.9 Å². The zero-order chi connectivity index (χ0) is 19.3. The standard InChI is InChI=1S/C18H16F3N3OS2/c1-2-25-15-9-4-3-8-14(15)22-16-23-24-17(27-16)26-11-12-6-5-7-13(10-12)18(19,20)21/h3-10H,2,11H2,1H3,(H,22,23). The number of aromatic nitrogens is 2. The van der Waals surface area contributed by atoms with E-state index in [1.54, 1.807) is 6.07 Å². The lowest BCUT2D eigenvalue weighted by Crippen LogP contribution is -2.04. The molecule has 142 valence electrons. The van der Waals surface area contributed by atoms with Crippen LogP contribution in [0.1, 0.15) is 18.1 Å². The molecule has 27 heavy (non-hydrogen) atoms. The Morgan fingerprint density at radius 2 is 1.93 bits per heavy atom. The van der Waals surface area contributed by atoms with Gasteiger partial charge in [-0.15, -0.1) is 10.2 Å². The van der Waals surface area contributed by atoms with Crippen LogP contribution in [0, 0.1) is 0 Å². The molecule has 0 saturated carbocycles. The van der Waals surface area contributed by atoms with Crippen molar-refractivity contribution in [2.24, 2.45) is 0 Å². The van der Waals surface area contributed by atoms with Crippen molar-refractivity contribution in [2.75, 3.05) is 11.9 Å². The van der Waals surface area contributed by atoms with Crippen molar-refractivity contribution in [2.45, 2.75) is 23.2 Å². The van der Waals surface area contributed by atoms with Crippen LogP contribution in [0.4, 0.5) is 24.0 Å². The van der Waals surface area contributed by atoms with Gasteiger partial charge >= 0.3 is 6.18 Å². The summed E-state index contributed by atoms with van der Waals surface area (Å²) in [7, 11) is 0. The van der Waals surface area contributed by atoms with Crippen molar-refractivity contribution in [1.82, 2.24) is 10.2 Å². The number of rotatable bonds is 7. The number of benzene rings is 2. The van der Waals surface area contributed by atoms with Crippen LogP contribution < -0.4 is 10.1 Å². The lowest BCUT2D eigenvalue weighted by atomic mass is 10.1. The summed E-state index contributed by atoms with van der Waals surface area (Å²) in [5.41, 5.74) is 0.721. The first-order chi connectivity index (χ1) is 13.0. The van der Waals surface area contributed by atoms with E-state index in [1.807, 2.05) is 31.2 Å². The lowest BCUT2D eigenvalue weighted by molar-refractivity contribution is -0.137. The van der Waals surface area contributed by atoms with Gasteiger partial charge in [-0.3, -0.25) is 0 Å². The maximum absolute atomic E-state index is 12.8. The van der Waals surface area contributed by atoms with Gasteiger partial charge in [-0.05, 0) is 30.7 Å². The van der Waals surface area contributed by atoms with Crippen LogP contribution in [0.2, 0.25) is 0 Å². The van der Waals surface area contributed by atoms with E-state index in [-0.39, 0.29) is 0 Å². The molecule has 0 aliphatic heterocycles. The Morgan fingerprint density at radius 3 is 2.70 bits per heavy atom. The minimum absolute atomic E-state index is 0.383. The van der Waals surface area contributed by atoms with Crippen LogP contribution in [0.5, 0.6) is 5.75 Å². The second-order valence-electron chi connectivity index (χ2n) is 5.41. The topological polar surface area (TPSA) is 47.0 Å². The van der Waals surface area contributed by atoms with E-state index in [9.17, 15) is 13.2 Å². The van der Waals surface area contributed by atoms with Crippen molar-refractivity contribution in [3.63, 3.8) is 0 Å². The summed E-state index contributed by atoms with van der Waals surface area (Å²) in [5, 5.41) is 11.9. The number of hydrogen-bond donors (Lipinski definition) is 1. The zero-order valence-corrected chi connectivity index (χ0v) is 15.9. The summed E-state index contributed by atoms with van der Waals surface area (Å²) < 4.78 is 44.6. The number of hydrogen-bond acceptors (Lipinski definition) is 6. The maximum Gasteiger partial charge on any atom is 0.416 e. The minimum atomic E-state index is -4.34. The second-order valence-corrected chi connectivity index (χ2v) is 7.61. The molecule has 1 aromatic heterocycles. The maximum atomic E-state index is 12.8. The summed E-state index contributed by atoms with van der Waals surface area (Å²) in [6.07, 6.45) is -4.34. The van der Waals surface area contributed by atoms with Crippen LogP contribution >= 0.6 is 23.1 Å². The van der Waals surface area contributed by atoms with Crippen molar-refractivity contribution >= 4 is 33.9 Å². The fraction of sp³-hybridized carbons (Fsp3) is 0.222. The molecule has 0 bridgehead atoms. The number of para-hydroxylation sites is 2. The van der Waals surface area contributed by atoms with Gasteiger partial charge in [-0.2, -0.15) is 13.2 Å². The summed E-state index contributed by atoms with van der Waals surface area (Å²) in [4.78, 5) is 0. The van der Waals surface area contributed by atoms with Gasteiger partial charge in [0.1, 0.15) is 5.75 Å². The summed E-state index contributed by atoms with van der Waals surface area (Å²) in [6.45, 7) is 2.46. The molecule has 4 nitrogen and oxygen atoms in total. The third kappa shape index (κ3) is 5.36. The average Bonchev–Trinajstić information content (AvgIpc) is 3.09. The zero-order valence-electron chi connectivity index (χ0n) is 14.3. The molecule has 9 heteroatoms. The number of ether oxygens (including phenoxy) is 1. The Kier molecular flexibility index (Phi) is 6.22. The van der Waals surface area contributed by atoms with Gasteiger partial charge in [0.15, 0.2) is 4.34 Å². The molecule has 3 aromatic rings. The van der Waals surface area contributed by atoms with Crippen LogP contribution in [0.3, 0.4) is 0 Å². The van der Waals surface area contributed by atoms with Gasteiger partial charge in [-0.1, -0.05) is 53.4 Å². The molecule has 0 amide bonds. The Labute approximate surface area is 162 Å². The number of nitrogens with one attached hydrogen (secondary N) is 1. The molecular weight excluding hydrogens is 395 g/mol. The van der Waals surface area contributed by atoms with E-state index in [0.29, 0.717) is 33.1 Å². The van der Waals surface area contributed by atoms with Crippen LogP contribution in [0.15, 0.2) is 52.9 Å². The summed E-state index contributed by atoms with van der Waals surface area (Å²) >= 11 is 2.68. The lowest BCUT2D eigenvalue weighted by Gasteiger charge is -2.09. The largest absolute Gasteiger partial charge is 0.492 e. The Bertz CT molecular complexity index is 899. The third-order valence-electron chi connectivity index (χ3n) is 3.45. The highest BCUT2D eigenvalue weighted by Crippen LogP contribution is 2.34. The highest BCUT2D eigenvalue weighted by atomic mass is 32.2. The number of nitrogens with zero attached hydrogens (tertiary/aromatic N) is 2. The van der Waals surface area contributed by atoms with Gasteiger partial charge in [0, 0.05) is 5.75 Å². The minimum Gasteiger partial charge on any atom is -0.492 e. The van der Waals surface area contributed by atoms with E-state index in [1.165, 1.54) is 29.2 Å². The quantitative estimate of drug-likeness (QED) is 0.484. The number of thioether (sulfide) groups is 1. The fourth-order valence-corrected chi connectivity index (χ4v) is 3.97. The van der Waals surface area contributed by atoms with E-state index < -0.39 is 11.7 Å². The third-order valence-corrected chi connectivity index (χ3v) is 5.49. The first-order valence-electron chi connectivity index (χ1n) is 8.07. The fourth-order valence-electron chi connectivity index (χ4n) is 2.27. The highest BCUT2D eigenvalue weighted by molar-refractivity contribution is 8.00. The molecule has 1 N–H and O–H groups in total. The molecule has 0 aliphatic carbocycles. The van der Waals surface area contributed by atoms with Gasteiger partial charge in [0.25, 0.3) is 0 Å². The van der Waals surface area contributed by atoms with Crippen LogP contribution in [0.25, 0.3) is 0 Å². The molecule has 0 unspecified atom stereocenters. The van der Waals surface area contributed by atoms with Crippen molar-refractivity contribution in [1.29, 1.82) is 0 Å². The van der Waals surface area contributed by atoms with E-state index in [4.69, 9.17) is 4.74 Å². The van der Waals surface area contributed by atoms with Crippen molar-refractivity contribution < 1.29 is 17.9 Å². The smallest absolute Gasteiger partial charge is 0.416 e. The van der Waals surface area contributed by atoms with Gasteiger partial charge < -0.3 is 10.1 Å². The first kappa shape index (κ1) is 19.5. The van der Waals surface area contributed by atoms with E-state index >= 15 is 0 Å². The van der Waals surface area contributed by atoms with Gasteiger partial charge in [-0.25, -0.2) is 0 Å². The summed E-state index contributed by atoms with van der Waals surface area (Å²) in [6, 6.07) is 12.8. The predicted octanol–water partition coefficient (Wildman–Crippen LogP) is 5.99. The van der Waals surface area contributed by atoms with E-state index in [2.05, 4.69) is 15.5 Å². The normalized spacial score (nSPS) is 11.4. The molecule has 0 aliphatic rings. The molecule has 2 aromatic carbocycles. The molecule has 0 radical (unpaired) electrons. The van der Waals surface area contributed by atoms with Crippen LogP contribution in [-0.4, -0.2) is 16.8 Å². The summed E-state index contributed by atoms with van der Waals surface area (Å²) in [5.74, 6) is 1.10. The second kappa shape index (κ2) is 8.62. The monoisotopic (exact) mass is 411 g/mol. The SMILES string of the molecule is CCOc1ccccc1Nc1nnc(SCc2cccc(C(F)(F)F)c2)s1. The number of alkyl halides is 3. The number of anilines is 2. The Hall–Kier alpha value is -2.26. The molecular formula is C18H16F3N3OS2. The molecule has 0 fully saturated rings. The van der Waals surface area contributed by atoms with E-state index in [0.717, 1.165) is 17.8 Å². The first-order valence-corrected chi connectivity index (χ1v) is 9.87. The highest BCUT2D eigenvalue weighted by Gasteiger charge is 2.30. The van der Waals surface area contributed by atoms with Gasteiger partial charge in [0.2, 0.25) is 5.13 Å². The van der Waals surface area contributed by atoms with Crippen molar-refractivity contribution in [3.05, 3.63) is 59.7 Å². The molecule has 1 heterocycles. The Morgan fingerprint density at radius 1 is 1.11 bits per heavy atom. The molecule has 0 atom stereocenters. The van der Waals surface area contributed by atoms with Crippen molar-refractivity contribution in [3.8, 4) is 5.75 Å². The molecule has 0 spiro atoms.